The van der Waals surface area contributed by atoms with Crippen LogP contribution in [-0.4, -0.2) is 23.8 Å². The summed E-state index contributed by atoms with van der Waals surface area (Å²) in [7, 11) is 0. The van der Waals surface area contributed by atoms with Gasteiger partial charge in [0, 0.05) is 11.1 Å². The van der Waals surface area contributed by atoms with Crippen molar-refractivity contribution in [1.29, 1.82) is 0 Å². The molecule has 1 aliphatic rings. The monoisotopic (exact) mass is 354 g/mol. The summed E-state index contributed by atoms with van der Waals surface area (Å²) in [6, 6.07) is 3.28. The molecule has 2 rings (SSSR count). The summed E-state index contributed by atoms with van der Waals surface area (Å²) >= 11 is 6.06. The fourth-order valence-electron chi connectivity index (χ4n) is 2.58. The van der Waals surface area contributed by atoms with Gasteiger partial charge in [-0.1, -0.05) is 51.6 Å². The maximum Gasteiger partial charge on any atom is 0.229 e. The topological polar surface area (TPSA) is 70.6 Å². The van der Waals surface area contributed by atoms with Crippen LogP contribution in [0.2, 0.25) is 5.02 Å². The van der Waals surface area contributed by atoms with Crippen LogP contribution in [0.1, 0.15) is 52.9 Å². The van der Waals surface area contributed by atoms with E-state index in [9.17, 15) is 9.90 Å². The summed E-state index contributed by atoms with van der Waals surface area (Å²) in [5, 5.41) is 16.1. The lowest BCUT2D eigenvalue weighted by Crippen LogP contribution is -2.27. The Labute approximate surface area is 148 Å². The molecule has 1 fully saturated rings. The van der Waals surface area contributed by atoms with Gasteiger partial charge in [0.15, 0.2) is 5.75 Å². The highest BCUT2D eigenvalue weighted by Gasteiger charge is 2.23. The third-order valence-electron chi connectivity index (χ3n) is 4.14. The first-order valence-electron chi connectivity index (χ1n) is 8.47. The molecule has 0 saturated heterocycles. The number of phenols is 1. The van der Waals surface area contributed by atoms with E-state index in [1.54, 1.807) is 32.9 Å². The van der Waals surface area contributed by atoms with E-state index in [0.717, 1.165) is 12.8 Å². The standard InChI is InChI=1S/C18H27ClN2O3/c1-18(2,3)17(23)21-15-10-12(9-14(19)16(15)22)20-11-24-13-7-5-4-6-8-13/h9-10,13,20,22H,4-8,11H2,1-3H3,(H,21,23). The molecule has 3 N–H and O–H groups in total. The smallest absolute Gasteiger partial charge is 0.229 e. The molecule has 5 nitrogen and oxygen atoms in total. The van der Waals surface area contributed by atoms with Crippen LogP contribution in [0.15, 0.2) is 12.1 Å². The Morgan fingerprint density at radius 1 is 1.29 bits per heavy atom. The van der Waals surface area contributed by atoms with E-state index in [-0.39, 0.29) is 16.7 Å². The lowest BCUT2D eigenvalue weighted by Gasteiger charge is -2.23. The Kier molecular flexibility index (Phi) is 6.35. The van der Waals surface area contributed by atoms with Crippen molar-refractivity contribution in [2.24, 2.45) is 5.41 Å². The Balaban J connectivity index is 1.98. The summed E-state index contributed by atoms with van der Waals surface area (Å²) in [5.74, 6) is -0.322. The Morgan fingerprint density at radius 2 is 1.96 bits per heavy atom. The van der Waals surface area contributed by atoms with Crippen LogP contribution in [0.25, 0.3) is 0 Å². The Morgan fingerprint density at radius 3 is 2.58 bits per heavy atom. The number of carbonyl (C=O) groups excluding carboxylic acids is 1. The van der Waals surface area contributed by atoms with Crippen molar-refractivity contribution in [3.05, 3.63) is 17.2 Å². The van der Waals surface area contributed by atoms with Crippen LogP contribution in [0.5, 0.6) is 5.75 Å². The van der Waals surface area contributed by atoms with Gasteiger partial charge < -0.3 is 20.5 Å². The second kappa shape index (κ2) is 8.08. The molecule has 1 aromatic rings. The van der Waals surface area contributed by atoms with Crippen molar-refractivity contribution in [1.82, 2.24) is 0 Å². The van der Waals surface area contributed by atoms with E-state index in [1.165, 1.54) is 19.3 Å². The third kappa shape index (κ3) is 5.28. The van der Waals surface area contributed by atoms with Crippen LogP contribution in [0.4, 0.5) is 11.4 Å². The molecule has 1 aliphatic carbocycles. The average Bonchev–Trinajstić information content (AvgIpc) is 2.52. The molecule has 1 saturated carbocycles. The minimum absolute atomic E-state index is 0.131. The molecule has 24 heavy (non-hydrogen) atoms. The van der Waals surface area contributed by atoms with Gasteiger partial charge in [-0.05, 0) is 25.0 Å². The zero-order chi connectivity index (χ0) is 17.7. The van der Waals surface area contributed by atoms with Gasteiger partial charge in [-0.15, -0.1) is 0 Å². The van der Waals surface area contributed by atoms with E-state index < -0.39 is 5.41 Å². The minimum Gasteiger partial charge on any atom is -0.504 e. The number of phenolic OH excluding ortho intramolecular Hbond substituents is 1. The van der Waals surface area contributed by atoms with Gasteiger partial charge in [-0.25, -0.2) is 0 Å². The summed E-state index contributed by atoms with van der Waals surface area (Å²) in [4.78, 5) is 12.1. The molecule has 0 aliphatic heterocycles. The molecule has 1 amide bonds. The number of anilines is 2. The fourth-order valence-corrected chi connectivity index (χ4v) is 2.80. The quantitative estimate of drug-likeness (QED) is 0.405. The largest absolute Gasteiger partial charge is 0.504 e. The van der Waals surface area contributed by atoms with Gasteiger partial charge in [-0.3, -0.25) is 4.79 Å². The molecule has 0 atom stereocenters. The number of carbonyl (C=O) groups is 1. The molecular weight excluding hydrogens is 328 g/mol. The molecule has 0 unspecified atom stereocenters. The highest BCUT2D eigenvalue weighted by atomic mass is 35.5. The average molecular weight is 355 g/mol. The number of rotatable bonds is 5. The molecule has 6 heteroatoms. The first kappa shape index (κ1) is 18.9. The molecular formula is C18H27ClN2O3. The number of amides is 1. The van der Waals surface area contributed by atoms with Crippen LogP contribution in [0.3, 0.4) is 0 Å². The molecule has 0 heterocycles. The van der Waals surface area contributed by atoms with Crippen LogP contribution < -0.4 is 10.6 Å². The van der Waals surface area contributed by atoms with Crippen LogP contribution in [-0.2, 0) is 9.53 Å². The second-order valence-corrected chi connectivity index (χ2v) is 7.71. The van der Waals surface area contributed by atoms with Gasteiger partial charge in [-0.2, -0.15) is 0 Å². The van der Waals surface area contributed by atoms with Crippen molar-refractivity contribution in [2.75, 3.05) is 17.4 Å². The van der Waals surface area contributed by atoms with E-state index in [0.29, 0.717) is 24.2 Å². The lowest BCUT2D eigenvalue weighted by atomic mass is 9.95. The van der Waals surface area contributed by atoms with Crippen LogP contribution in [0, 0.1) is 5.41 Å². The lowest BCUT2D eigenvalue weighted by molar-refractivity contribution is -0.123. The first-order valence-corrected chi connectivity index (χ1v) is 8.84. The Bertz CT molecular complexity index is 578. The van der Waals surface area contributed by atoms with Crippen molar-refractivity contribution in [3.8, 4) is 5.75 Å². The zero-order valence-corrected chi connectivity index (χ0v) is 15.4. The van der Waals surface area contributed by atoms with Crippen molar-refractivity contribution in [3.63, 3.8) is 0 Å². The normalized spacial score (nSPS) is 16.0. The number of benzene rings is 1. The molecule has 0 spiro atoms. The van der Waals surface area contributed by atoms with E-state index in [1.807, 2.05) is 0 Å². The second-order valence-electron chi connectivity index (χ2n) is 7.31. The fraction of sp³-hybridized carbons (Fsp3) is 0.611. The maximum atomic E-state index is 12.1. The number of ether oxygens (including phenoxy) is 1. The predicted molar refractivity (Wildman–Crippen MR) is 97.6 cm³/mol. The molecule has 0 radical (unpaired) electrons. The maximum absolute atomic E-state index is 12.1. The SMILES string of the molecule is CC(C)(C)C(=O)Nc1cc(NCOC2CCCCC2)cc(Cl)c1O. The number of aromatic hydroxyl groups is 1. The third-order valence-corrected chi connectivity index (χ3v) is 4.43. The van der Waals surface area contributed by atoms with E-state index in [2.05, 4.69) is 10.6 Å². The number of hydrogen-bond acceptors (Lipinski definition) is 4. The van der Waals surface area contributed by atoms with Crippen molar-refractivity contribution >= 4 is 28.9 Å². The van der Waals surface area contributed by atoms with Gasteiger partial charge in [0.1, 0.15) is 6.73 Å². The molecule has 0 bridgehead atoms. The van der Waals surface area contributed by atoms with Crippen molar-refractivity contribution in [2.45, 2.75) is 59.0 Å². The number of hydrogen-bond donors (Lipinski definition) is 3. The molecule has 134 valence electrons. The number of nitrogens with one attached hydrogen (secondary N) is 2. The highest BCUT2D eigenvalue weighted by Crippen LogP contribution is 2.36. The van der Waals surface area contributed by atoms with Gasteiger partial charge >= 0.3 is 0 Å². The zero-order valence-electron chi connectivity index (χ0n) is 14.6. The minimum atomic E-state index is -0.563. The summed E-state index contributed by atoms with van der Waals surface area (Å²) < 4.78 is 5.83. The summed E-state index contributed by atoms with van der Waals surface area (Å²) in [6.07, 6.45) is 6.24. The Hall–Kier alpha value is -1.46. The summed E-state index contributed by atoms with van der Waals surface area (Å²) in [6.45, 7) is 5.79. The molecule has 0 aromatic heterocycles. The first-order chi connectivity index (χ1) is 11.3. The summed E-state index contributed by atoms with van der Waals surface area (Å²) in [5.41, 5.74) is 0.423. The van der Waals surface area contributed by atoms with E-state index >= 15 is 0 Å². The van der Waals surface area contributed by atoms with Gasteiger partial charge in [0.2, 0.25) is 5.91 Å². The van der Waals surface area contributed by atoms with Gasteiger partial charge in [0.05, 0.1) is 16.8 Å². The number of halogens is 1. The predicted octanol–water partition coefficient (Wildman–Crippen LogP) is 4.75. The van der Waals surface area contributed by atoms with Crippen LogP contribution >= 0.6 is 11.6 Å². The van der Waals surface area contributed by atoms with E-state index in [4.69, 9.17) is 16.3 Å². The molecule has 1 aromatic carbocycles. The van der Waals surface area contributed by atoms with Gasteiger partial charge in [0.25, 0.3) is 0 Å². The highest BCUT2D eigenvalue weighted by molar-refractivity contribution is 6.33. The van der Waals surface area contributed by atoms with Crippen molar-refractivity contribution < 1.29 is 14.6 Å².